The maximum atomic E-state index is 6.56. The monoisotopic (exact) mass is 636 g/mol. The van der Waals surface area contributed by atoms with Gasteiger partial charge in [-0.25, -0.2) is 0 Å². The zero-order valence-electron chi connectivity index (χ0n) is 22.6. The Balaban J connectivity index is 1.25. The molecule has 0 aliphatic rings. The van der Waals surface area contributed by atoms with Gasteiger partial charge < -0.3 is 9.32 Å². The number of hydrogen-bond donors (Lipinski definition) is 0. The number of thiophene rings is 1. The number of para-hydroxylation sites is 1. The molecule has 43 heavy (non-hydrogen) atoms. The van der Waals surface area contributed by atoms with Crippen LogP contribution in [0.5, 0.6) is 0 Å². The van der Waals surface area contributed by atoms with Crippen molar-refractivity contribution >= 4 is 97.5 Å². The number of fused-ring (bicyclic) bond motifs is 7. The highest BCUT2D eigenvalue weighted by atomic mass is 79.9. The van der Waals surface area contributed by atoms with Gasteiger partial charge in [0.05, 0.1) is 11.4 Å². The van der Waals surface area contributed by atoms with E-state index < -0.39 is 0 Å². The van der Waals surface area contributed by atoms with E-state index in [-0.39, 0.29) is 0 Å². The lowest BCUT2D eigenvalue weighted by Crippen LogP contribution is -2.10. The van der Waals surface area contributed by atoms with Crippen molar-refractivity contribution in [3.8, 4) is 5.69 Å². The molecule has 0 aliphatic heterocycles. The second kappa shape index (κ2) is 9.52. The zero-order valence-corrected chi connectivity index (χ0v) is 25.0. The van der Waals surface area contributed by atoms with Gasteiger partial charge in [-0.2, -0.15) is 4.80 Å². The lowest BCUT2D eigenvalue weighted by molar-refractivity contribution is 0.669. The second-order valence-electron chi connectivity index (χ2n) is 10.5. The van der Waals surface area contributed by atoms with Crippen LogP contribution in [0.1, 0.15) is 0 Å². The number of halogens is 1. The van der Waals surface area contributed by atoms with Gasteiger partial charge in [0.15, 0.2) is 5.58 Å². The maximum Gasteiger partial charge on any atom is 0.159 e. The Labute approximate surface area is 258 Å². The Kier molecular flexibility index (Phi) is 5.45. The molecular weight excluding hydrogens is 616 g/mol. The van der Waals surface area contributed by atoms with Crippen LogP contribution in [-0.4, -0.2) is 15.0 Å². The first kappa shape index (κ1) is 24.6. The highest BCUT2D eigenvalue weighted by Crippen LogP contribution is 2.44. The zero-order chi connectivity index (χ0) is 28.5. The van der Waals surface area contributed by atoms with Crippen molar-refractivity contribution < 1.29 is 4.42 Å². The fraction of sp³-hybridized carbons (Fsp3) is 0. The lowest BCUT2D eigenvalue weighted by Gasteiger charge is -2.26. The molecule has 0 aliphatic carbocycles. The Hall–Kier alpha value is -4.98. The van der Waals surface area contributed by atoms with Crippen LogP contribution in [0.4, 0.5) is 17.1 Å². The first-order chi connectivity index (χ1) is 21.2. The van der Waals surface area contributed by atoms with Crippen LogP contribution in [0.15, 0.2) is 136 Å². The molecule has 9 aromatic rings. The van der Waals surface area contributed by atoms with Gasteiger partial charge >= 0.3 is 0 Å². The summed E-state index contributed by atoms with van der Waals surface area (Å²) in [7, 11) is 0. The Morgan fingerprint density at radius 2 is 1.33 bits per heavy atom. The normalized spacial score (nSPS) is 11.8. The van der Waals surface area contributed by atoms with Crippen LogP contribution >= 0.6 is 27.3 Å². The van der Waals surface area contributed by atoms with E-state index in [4.69, 9.17) is 4.42 Å². The predicted molar refractivity (Wildman–Crippen MR) is 181 cm³/mol. The van der Waals surface area contributed by atoms with Crippen molar-refractivity contribution in [3.63, 3.8) is 0 Å². The van der Waals surface area contributed by atoms with E-state index in [1.165, 1.54) is 20.2 Å². The molecule has 204 valence electrons. The van der Waals surface area contributed by atoms with Crippen molar-refractivity contribution in [2.75, 3.05) is 4.90 Å². The van der Waals surface area contributed by atoms with Crippen LogP contribution < -0.4 is 4.90 Å². The number of furan rings is 1. The molecule has 0 fully saturated rings. The third kappa shape index (κ3) is 3.96. The Morgan fingerprint density at radius 3 is 2.16 bits per heavy atom. The number of nitrogens with zero attached hydrogens (tertiary/aromatic N) is 4. The molecule has 0 radical (unpaired) electrons. The van der Waals surface area contributed by atoms with Crippen LogP contribution in [0.3, 0.4) is 0 Å². The summed E-state index contributed by atoms with van der Waals surface area (Å²) in [5, 5.41) is 14.0. The summed E-state index contributed by atoms with van der Waals surface area (Å²) in [5.41, 5.74) is 7.36. The summed E-state index contributed by atoms with van der Waals surface area (Å²) in [6, 6.07) is 44.2. The van der Waals surface area contributed by atoms with Gasteiger partial charge in [0.1, 0.15) is 16.6 Å². The lowest BCUT2D eigenvalue weighted by atomic mass is 10.1. The summed E-state index contributed by atoms with van der Waals surface area (Å²) in [6.45, 7) is 0. The number of aromatic nitrogens is 3. The van der Waals surface area contributed by atoms with Crippen molar-refractivity contribution in [3.05, 3.63) is 132 Å². The van der Waals surface area contributed by atoms with E-state index in [1.54, 1.807) is 4.80 Å². The van der Waals surface area contributed by atoms with Crippen LogP contribution in [-0.2, 0) is 0 Å². The minimum absolute atomic E-state index is 0.843. The molecule has 3 aromatic heterocycles. The average molecular weight is 638 g/mol. The van der Waals surface area contributed by atoms with Gasteiger partial charge in [0.2, 0.25) is 0 Å². The Bertz CT molecular complexity index is 2460. The predicted octanol–water partition coefficient (Wildman–Crippen LogP) is 10.9. The van der Waals surface area contributed by atoms with Crippen molar-refractivity contribution in [1.82, 2.24) is 15.0 Å². The smallest absolute Gasteiger partial charge is 0.159 e. The number of hydrogen-bond acceptors (Lipinski definition) is 5. The SMILES string of the molecule is Brc1ccc2c(c1)oc1c(N(c3ccc(-n4nc5ccccc5n4)cc3)c3ccc4sc5ccccc5c4c3)cccc12. The highest BCUT2D eigenvalue weighted by molar-refractivity contribution is 9.10. The third-order valence-corrected chi connectivity index (χ3v) is 9.57. The van der Waals surface area contributed by atoms with Crippen LogP contribution in [0.2, 0.25) is 0 Å². The summed E-state index contributed by atoms with van der Waals surface area (Å²) >= 11 is 5.43. The molecule has 5 nitrogen and oxygen atoms in total. The number of anilines is 3. The van der Waals surface area contributed by atoms with E-state index >= 15 is 0 Å². The van der Waals surface area contributed by atoms with E-state index in [9.17, 15) is 0 Å². The van der Waals surface area contributed by atoms with E-state index in [0.29, 0.717) is 0 Å². The average Bonchev–Trinajstić information content (AvgIpc) is 3.75. The standard InChI is InChI=1S/C36H21BrN4OS/c37-22-12-18-26-28-7-5-10-32(36(28)42-33(26)20-22)40(25-17-19-35-29(21-25)27-6-1-4-11-34(27)43-35)23-13-15-24(16-14-23)41-38-30-8-2-3-9-31(30)39-41/h1-21H. The van der Waals surface area contributed by atoms with E-state index in [2.05, 4.69) is 128 Å². The molecule has 3 heterocycles. The fourth-order valence-electron chi connectivity index (χ4n) is 5.92. The molecule has 0 amide bonds. The minimum Gasteiger partial charge on any atom is -0.454 e. The second-order valence-corrected chi connectivity index (χ2v) is 12.5. The van der Waals surface area contributed by atoms with Gasteiger partial charge in [0, 0.05) is 46.8 Å². The minimum atomic E-state index is 0.843. The highest BCUT2D eigenvalue weighted by Gasteiger charge is 2.20. The molecule has 0 unspecified atom stereocenters. The van der Waals surface area contributed by atoms with Crippen molar-refractivity contribution in [2.45, 2.75) is 0 Å². The molecule has 0 bridgehead atoms. The first-order valence-corrected chi connectivity index (χ1v) is 15.6. The van der Waals surface area contributed by atoms with Gasteiger partial charge in [0.25, 0.3) is 0 Å². The molecule has 0 spiro atoms. The van der Waals surface area contributed by atoms with Gasteiger partial charge in [-0.1, -0.05) is 58.4 Å². The largest absolute Gasteiger partial charge is 0.454 e. The van der Waals surface area contributed by atoms with Crippen molar-refractivity contribution in [1.29, 1.82) is 0 Å². The molecule has 6 aromatic carbocycles. The summed E-state index contributed by atoms with van der Waals surface area (Å²) in [4.78, 5) is 3.97. The quantitative estimate of drug-likeness (QED) is 0.193. The summed E-state index contributed by atoms with van der Waals surface area (Å²) in [5.74, 6) is 0. The maximum absolute atomic E-state index is 6.56. The summed E-state index contributed by atoms with van der Waals surface area (Å²) < 4.78 is 10.1. The number of rotatable bonds is 4. The van der Waals surface area contributed by atoms with Gasteiger partial charge in [-0.3, -0.25) is 0 Å². The van der Waals surface area contributed by atoms with E-state index in [1.807, 2.05) is 41.7 Å². The molecule has 0 saturated carbocycles. The molecule has 7 heteroatoms. The van der Waals surface area contributed by atoms with Crippen LogP contribution in [0, 0.1) is 0 Å². The van der Waals surface area contributed by atoms with E-state index in [0.717, 1.165) is 60.2 Å². The fourth-order valence-corrected chi connectivity index (χ4v) is 7.35. The van der Waals surface area contributed by atoms with Crippen molar-refractivity contribution in [2.24, 2.45) is 0 Å². The molecule has 0 atom stereocenters. The van der Waals surface area contributed by atoms with Crippen LogP contribution in [0.25, 0.3) is 58.8 Å². The molecule has 0 saturated heterocycles. The Morgan fingerprint density at radius 1 is 0.605 bits per heavy atom. The molecular formula is C36H21BrN4OS. The van der Waals surface area contributed by atoms with Gasteiger partial charge in [-0.05, 0) is 84.9 Å². The molecule has 9 rings (SSSR count). The third-order valence-electron chi connectivity index (χ3n) is 7.92. The first-order valence-electron chi connectivity index (χ1n) is 13.9. The number of benzene rings is 6. The summed E-state index contributed by atoms with van der Waals surface area (Å²) in [6.07, 6.45) is 0. The molecule has 0 N–H and O–H groups in total. The topological polar surface area (TPSA) is 47.1 Å². The van der Waals surface area contributed by atoms with Gasteiger partial charge in [-0.15, -0.1) is 21.5 Å².